The van der Waals surface area contributed by atoms with Crippen molar-refractivity contribution < 1.29 is 9.90 Å². The van der Waals surface area contributed by atoms with Gasteiger partial charge in [-0.3, -0.25) is 9.69 Å². The molecular weight excluding hydrogens is 166 g/mol. The Hall–Kier alpha value is -0.570. The third kappa shape index (κ3) is 1.35. The van der Waals surface area contributed by atoms with Crippen LogP contribution in [0.25, 0.3) is 0 Å². The van der Waals surface area contributed by atoms with Crippen LogP contribution in [-0.4, -0.2) is 34.1 Å². The number of carboxylic acid groups (broad SMARTS) is 1. The largest absolute Gasteiger partial charge is 0.481 e. The molecule has 3 nitrogen and oxygen atoms in total. The van der Waals surface area contributed by atoms with Crippen molar-refractivity contribution in [2.45, 2.75) is 44.7 Å². The first-order valence-electron chi connectivity index (χ1n) is 5.03. The molecule has 13 heavy (non-hydrogen) atoms. The predicted octanol–water partition coefficient (Wildman–Crippen LogP) is 1.33. The van der Waals surface area contributed by atoms with Gasteiger partial charge in [-0.2, -0.15) is 0 Å². The van der Waals surface area contributed by atoms with E-state index in [2.05, 4.69) is 18.7 Å². The van der Waals surface area contributed by atoms with Gasteiger partial charge in [-0.25, -0.2) is 0 Å². The van der Waals surface area contributed by atoms with Gasteiger partial charge in [0.05, 0.1) is 5.92 Å². The van der Waals surface area contributed by atoms with Crippen LogP contribution >= 0.6 is 0 Å². The zero-order chi connectivity index (χ0) is 9.64. The molecule has 0 spiro atoms. The van der Waals surface area contributed by atoms with Gasteiger partial charge in [0.2, 0.25) is 0 Å². The lowest BCUT2D eigenvalue weighted by molar-refractivity contribution is -0.144. The minimum atomic E-state index is -0.631. The van der Waals surface area contributed by atoms with Crippen molar-refractivity contribution in [3.05, 3.63) is 0 Å². The first-order chi connectivity index (χ1) is 6.03. The fourth-order valence-corrected chi connectivity index (χ4v) is 2.57. The van der Waals surface area contributed by atoms with Gasteiger partial charge >= 0.3 is 5.97 Å². The van der Waals surface area contributed by atoms with Gasteiger partial charge in [-0.15, -0.1) is 0 Å². The highest BCUT2D eigenvalue weighted by Gasteiger charge is 2.49. The molecule has 2 fully saturated rings. The van der Waals surface area contributed by atoms with E-state index in [1.165, 1.54) is 12.8 Å². The zero-order valence-electron chi connectivity index (χ0n) is 8.29. The number of carboxylic acids is 1. The molecule has 1 aliphatic heterocycles. The highest BCUT2D eigenvalue weighted by molar-refractivity contribution is 5.72. The minimum absolute atomic E-state index is 0.132. The standard InChI is InChI=1S/C10H17NO2/c1-10(2)8(9(12)13)5-6-11(10)7-3-4-7/h7-8H,3-6H2,1-2H3,(H,12,13). The third-order valence-electron chi connectivity index (χ3n) is 3.54. The molecule has 1 saturated heterocycles. The summed E-state index contributed by atoms with van der Waals surface area (Å²) < 4.78 is 0. The molecule has 74 valence electrons. The topological polar surface area (TPSA) is 40.5 Å². The van der Waals surface area contributed by atoms with E-state index in [9.17, 15) is 4.79 Å². The molecule has 0 bridgehead atoms. The van der Waals surface area contributed by atoms with E-state index in [1.807, 2.05) is 0 Å². The Kier molecular flexibility index (Phi) is 1.88. The number of rotatable bonds is 2. The molecule has 3 heteroatoms. The van der Waals surface area contributed by atoms with Gasteiger partial charge in [0.1, 0.15) is 0 Å². The van der Waals surface area contributed by atoms with Crippen molar-refractivity contribution in [1.82, 2.24) is 4.90 Å². The summed E-state index contributed by atoms with van der Waals surface area (Å²) in [5.74, 6) is -0.804. The van der Waals surface area contributed by atoms with Crippen molar-refractivity contribution in [3.8, 4) is 0 Å². The minimum Gasteiger partial charge on any atom is -0.481 e. The highest BCUT2D eigenvalue weighted by atomic mass is 16.4. The van der Waals surface area contributed by atoms with Crippen LogP contribution in [0.15, 0.2) is 0 Å². The van der Waals surface area contributed by atoms with Crippen molar-refractivity contribution >= 4 is 5.97 Å². The highest BCUT2D eigenvalue weighted by Crippen LogP contribution is 2.42. The van der Waals surface area contributed by atoms with Gasteiger partial charge in [-0.05, 0) is 39.7 Å². The monoisotopic (exact) mass is 183 g/mol. The molecule has 0 radical (unpaired) electrons. The van der Waals surface area contributed by atoms with E-state index in [0.717, 1.165) is 13.0 Å². The van der Waals surface area contributed by atoms with E-state index in [1.54, 1.807) is 0 Å². The summed E-state index contributed by atoms with van der Waals surface area (Å²) >= 11 is 0. The smallest absolute Gasteiger partial charge is 0.308 e. The van der Waals surface area contributed by atoms with Crippen LogP contribution in [0.1, 0.15) is 33.1 Å². The van der Waals surface area contributed by atoms with Gasteiger partial charge in [-0.1, -0.05) is 0 Å². The van der Waals surface area contributed by atoms with E-state index >= 15 is 0 Å². The fourth-order valence-electron chi connectivity index (χ4n) is 2.57. The maximum absolute atomic E-state index is 11.0. The van der Waals surface area contributed by atoms with Crippen molar-refractivity contribution in [1.29, 1.82) is 0 Å². The van der Waals surface area contributed by atoms with Gasteiger partial charge in [0, 0.05) is 11.6 Å². The Morgan fingerprint density at radius 3 is 2.38 bits per heavy atom. The molecule has 1 atom stereocenters. The average molecular weight is 183 g/mol. The van der Waals surface area contributed by atoms with E-state index in [4.69, 9.17) is 5.11 Å². The normalized spacial score (nSPS) is 33.5. The first kappa shape index (κ1) is 9.00. The maximum Gasteiger partial charge on any atom is 0.308 e. The Morgan fingerprint density at radius 1 is 1.38 bits per heavy atom. The summed E-state index contributed by atoms with van der Waals surface area (Å²) in [6, 6.07) is 0.680. The zero-order valence-corrected chi connectivity index (χ0v) is 8.29. The fraction of sp³-hybridized carbons (Fsp3) is 0.900. The predicted molar refractivity (Wildman–Crippen MR) is 49.5 cm³/mol. The Balaban J connectivity index is 2.14. The molecule has 1 saturated carbocycles. The Morgan fingerprint density at radius 2 is 2.00 bits per heavy atom. The van der Waals surface area contributed by atoms with E-state index < -0.39 is 5.97 Å². The van der Waals surface area contributed by atoms with Crippen LogP contribution in [0.5, 0.6) is 0 Å². The van der Waals surface area contributed by atoms with Crippen LogP contribution in [0, 0.1) is 5.92 Å². The summed E-state index contributed by atoms with van der Waals surface area (Å²) in [6.45, 7) is 5.10. The molecule has 1 N–H and O–H groups in total. The lowest BCUT2D eigenvalue weighted by Crippen LogP contribution is -2.45. The van der Waals surface area contributed by atoms with Crippen molar-refractivity contribution in [2.24, 2.45) is 5.92 Å². The molecule has 0 amide bonds. The lowest BCUT2D eigenvalue weighted by atomic mass is 9.88. The molecule has 2 aliphatic rings. The second kappa shape index (κ2) is 2.71. The number of carbonyl (C=O) groups is 1. The quantitative estimate of drug-likeness (QED) is 0.702. The molecule has 0 aromatic heterocycles. The number of nitrogens with zero attached hydrogens (tertiary/aromatic N) is 1. The SMILES string of the molecule is CC1(C)C(C(=O)O)CCN1C1CC1. The van der Waals surface area contributed by atoms with E-state index in [-0.39, 0.29) is 11.5 Å². The van der Waals surface area contributed by atoms with Crippen LogP contribution in [0.2, 0.25) is 0 Å². The van der Waals surface area contributed by atoms with Crippen LogP contribution in [0.3, 0.4) is 0 Å². The molecule has 1 aliphatic carbocycles. The van der Waals surface area contributed by atoms with Crippen LogP contribution < -0.4 is 0 Å². The van der Waals surface area contributed by atoms with Crippen molar-refractivity contribution in [2.75, 3.05) is 6.54 Å². The third-order valence-corrected chi connectivity index (χ3v) is 3.54. The van der Waals surface area contributed by atoms with Crippen LogP contribution in [0.4, 0.5) is 0 Å². The number of aliphatic carboxylic acids is 1. The van der Waals surface area contributed by atoms with Gasteiger partial charge in [0.25, 0.3) is 0 Å². The summed E-state index contributed by atoms with van der Waals surface area (Å²) in [5, 5.41) is 9.04. The summed E-state index contributed by atoms with van der Waals surface area (Å²) in [6.07, 6.45) is 3.34. The second-order valence-electron chi connectivity index (χ2n) is 4.76. The molecule has 1 unspecified atom stereocenters. The average Bonchev–Trinajstić information content (AvgIpc) is 2.75. The molecule has 0 aromatic rings. The van der Waals surface area contributed by atoms with Crippen molar-refractivity contribution in [3.63, 3.8) is 0 Å². The molecule has 0 aromatic carbocycles. The number of hydrogen-bond acceptors (Lipinski definition) is 2. The first-order valence-corrected chi connectivity index (χ1v) is 5.03. The number of likely N-dealkylation sites (tertiary alicyclic amines) is 1. The summed E-state index contributed by atoms with van der Waals surface area (Å²) in [4.78, 5) is 13.4. The van der Waals surface area contributed by atoms with Gasteiger partial charge in [0.15, 0.2) is 0 Å². The van der Waals surface area contributed by atoms with Gasteiger partial charge < -0.3 is 5.11 Å². The molecule has 1 heterocycles. The van der Waals surface area contributed by atoms with Crippen LogP contribution in [-0.2, 0) is 4.79 Å². The summed E-state index contributed by atoms with van der Waals surface area (Å²) in [5.41, 5.74) is -0.132. The second-order valence-corrected chi connectivity index (χ2v) is 4.76. The Labute approximate surface area is 78.7 Å². The summed E-state index contributed by atoms with van der Waals surface area (Å²) in [7, 11) is 0. The Bertz CT molecular complexity index is 233. The molecule has 2 rings (SSSR count). The van der Waals surface area contributed by atoms with E-state index in [0.29, 0.717) is 6.04 Å². The molecular formula is C10H17NO2. The lowest BCUT2D eigenvalue weighted by Gasteiger charge is -2.34. The number of hydrogen-bond donors (Lipinski definition) is 1. The maximum atomic E-state index is 11.0.